The van der Waals surface area contributed by atoms with E-state index in [1.54, 1.807) is 30.5 Å². The van der Waals surface area contributed by atoms with Crippen molar-refractivity contribution in [2.24, 2.45) is 0 Å². The van der Waals surface area contributed by atoms with Crippen LogP contribution in [0.2, 0.25) is 5.02 Å². The second-order valence-corrected chi connectivity index (χ2v) is 2.18. The molecule has 0 atom stereocenters. The zero-order valence-electron chi connectivity index (χ0n) is 5.13. The highest BCUT2D eigenvalue weighted by Gasteiger charge is 1.88. The van der Waals surface area contributed by atoms with Gasteiger partial charge in [-0.2, -0.15) is 5.26 Å². The molecule has 0 aliphatic rings. The minimum Gasteiger partial charge on any atom is -0.293 e. The van der Waals surface area contributed by atoms with Gasteiger partial charge in [-0.25, -0.2) is 0 Å². The van der Waals surface area contributed by atoms with E-state index >= 15 is 0 Å². The summed E-state index contributed by atoms with van der Waals surface area (Å²) in [6.45, 7) is 0. The molecule has 0 radical (unpaired) electrons. The largest absolute Gasteiger partial charge is 0.293 e. The van der Waals surface area contributed by atoms with E-state index in [1.807, 2.05) is 0 Å². The second-order valence-electron chi connectivity index (χ2n) is 1.75. The minimum atomic E-state index is 0.625. The lowest BCUT2D eigenvalue weighted by Gasteiger charge is -1.94. The maximum Gasteiger partial charge on any atom is 0.181 e. The van der Waals surface area contributed by atoms with Gasteiger partial charge in [0.25, 0.3) is 0 Å². The van der Waals surface area contributed by atoms with E-state index in [9.17, 15) is 0 Å². The molecule has 0 saturated carbocycles. The molecule has 1 N–H and O–H groups in total. The normalized spacial score (nSPS) is 8.40. The van der Waals surface area contributed by atoms with E-state index in [4.69, 9.17) is 16.9 Å². The summed E-state index contributed by atoms with van der Waals surface area (Å²) in [6, 6.07) is 6.99. The van der Waals surface area contributed by atoms with Crippen LogP contribution in [0.15, 0.2) is 24.3 Å². The van der Waals surface area contributed by atoms with Gasteiger partial charge in [0.2, 0.25) is 0 Å². The lowest BCUT2D eigenvalue weighted by atomic mass is 10.3. The number of nitrogens with one attached hydrogen (secondary N) is 1. The Kier molecular flexibility index (Phi) is 2.14. The van der Waals surface area contributed by atoms with Gasteiger partial charge < -0.3 is 0 Å². The molecule has 0 amide bonds. The Hall–Kier alpha value is -1.20. The van der Waals surface area contributed by atoms with Crippen LogP contribution in [0.4, 0.5) is 5.69 Å². The van der Waals surface area contributed by atoms with Crippen LogP contribution in [0.5, 0.6) is 0 Å². The zero-order chi connectivity index (χ0) is 7.40. The fourth-order valence-corrected chi connectivity index (χ4v) is 0.821. The highest BCUT2D eigenvalue weighted by molar-refractivity contribution is 6.30. The van der Waals surface area contributed by atoms with E-state index in [-0.39, 0.29) is 0 Å². The number of anilines is 1. The van der Waals surface area contributed by atoms with Crippen molar-refractivity contribution < 1.29 is 0 Å². The van der Waals surface area contributed by atoms with Gasteiger partial charge in [0.1, 0.15) is 0 Å². The second kappa shape index (κ2) is 3.09. The van der Waals surface area contributed by atoms with E-state index in [0.717, 1.165) is 5.69 Å². The molecule has 0 bridgehead atoms. The van der Waals surface area contributed by atoms with Crippen LogP contribution in [0.3, 0.4) is 0 Å². The first kappa shape index (κ1) is 6.91. The number of nitriles is 1. The molecule has 2 nitrogen and oxygen atoms in total. The van der Waals surface area contributed by atoms with Crippen LogP contribution >= 0.6 is 11.6 Å². The van der Waals surface area contributed by atoms with Crippen LogP contribution in [0.1, 0.15) is 0 Å². The third-order valence-corrected chi connectivity index (χ3v) is 1.26. The van der Waals surface area contributed by atoms with Crippen LogP contribution in [0, 0.1) is 11.5 Å². The van der Waals surface area contributed by atoms with Gasteiger partial charge in [-0.3, -0.25) is 5.32 Å². The topological polar surface area (TPSA) is 35.8 Å². The summed E-state index contributed by atoms with van der Waals surface area (Å²) in [6.07, 6.45) is 1.80. The van der Waals surface area contributed by atoms with Gasteiger partial charge in [0.15, 0.2) is 6.19 Å². The fraction of sp³-hybridized carbons (Fsp3) is 0. The van der Waals surface area contributed by atoms with Gasteiger partial charge in [0.05, 0.1) is 0 Å². The summed E-state index contributed by atoms with van der Waals surface area (Å²) >= 11 is 5.63. The van der Waals surface area contributed by atoms with Crippen molar-refractivity contribution in [1.82, 2.24) is 0 Å². The molecule has 1 rings (SSSR count). The first-order valence-corrected chi connectivity index (χ1v) is 3.11. The fourth-order valence-electron chi connectivity index (χ4n) is 0.631. The van der Waals surface area contributed by atoms with Crippen molar-refractivity contribution in [2.45, 2.75) is 0 Å². The molecule has 0 spiro atoms. The molecular weight excluding hydrogens is 148 g/mol. The number of nitrogens with zero attached hydrogens (tertiary/aromatic N) is 1. The summed E-state index contributed by atoms with van der Waals surface area (Å²) < 4.78 is 0. The Morgan fingerprint density at radius 1 is 1.50 bits per heavy atom. The molecule has 0 unspecified atom stereocenters. The summed E-state index contributed by atoms with van der Waals surface area (Å²) in [5.41, 5.74) is 0.718. The van der Waals surface area contributed by atoms with Crippen LogP contribution < -0.4 is 5.32 Å². The van der Waals surface area contributed by atoms with Crippen LogP contribution in [-0.2, 0) is 0 Å². The molecular formula is C7H5ClN2. The average Bonchev–Trinajstić information content (AvgIpc) is 1.88. The van der Waals surface area contributed by atoms with E-state index in [2.05, 4.69) is 5.32 Å². The Morgan fingerprint density at radius 3 is 2.90 bits per heavy atom. The number of hydrogen-bond acceptors (Lipinski definition) is 2. The van der Waals surface area contributed by atoms with Gasteiger partial charge in [-0.1, -0.05) is 17.7 Å². The van der Waals surface area contributed by atoms with Crippen molar-refractivity contribution in [3.05, 3.63) is 29.3 Å². The number of hydrogen-bond donors (Lipinski definition) is 1. The number of rotatable bonds is 1. The van der Waals surface area contributed by atoms with Crippen LogP contribution in [-0.4, -0.2) is 0 Å². The Bertz CT molecular complexity index is 265. The predicted molar refractivity (Wildman–Crippen MR) is 40.7 cm³/mol. The number of benzene rings is 1. The maximum atomic E-state index is 8.21. The molecule has 0 aliphatic carbocycles. The van der Waals surface area contributed by atoms with E-state index in [1.165, 1.54) is 0 Å². The standard InChI is InChI=1S/C7H5ClN2/c8-6-2-1-3-7(4-6)10-5-9/h1-4,10H. The Labute approximate surface area is 64.0 Å². The van der Waals surface area contributed by atoms with Crippen molar-refractivity contribution in [1.29, 1.82) is 5.26 Å². The summed E-state index contributed by atoms with van der Waals surface area (Å²) in [5, 5.41) is 11.3. The van der Waals surface area contributed by atoms with Crippen molar-refractivity contribution >= 4 is 17.3 Å². The molecule has 50 valence electrons. The van der Waals surface area contributed by atoms with E-state index < -0.39 is 0 Å². The summed E-state index contributed by atoms with van der Waals surface area (Å²) in [7, 11) is 0. The number of halogens is 1. The molecule has 0 fully saturated rings. The van der Waals surface area contributed by atoms with Gasteiger partial charge in [-0.15, -0.1) is 0 Å². The Balaban J connectivity index is 2.87. The monoisotopic (exact) mass is 152 g/mol. The molecule has 0 aliphatic heterocycles. The van der Waals surface area contributed by atoms with Crippen molar-refractivity contribution in [2.75, 3.05) is 5.32 Å². The quantitative estimate of drug-likeness (QED) is 0.495. The molecule has 1 aromatic carbocycles. The lowest BCUT2D eigenvalue weighted by molar-refractivity contribution is 1.47. The average molecular weight is 153 g/mol. The molecule has 0 heterocycles. The molecule has 10 heavy (non-hydrogen) atoms. The van der Waals surface area contributed by atoms with Gasteiger partial charge in [-0.05, 0) is 18.2 Å². The highest BCUT2D eigenvalue weighted by Crippen LogP contribution is 2.13. The van der Waals surface area contributed by atoms with Gasteiger partial charge in [0, 0.05) is 10.7 Å². The highest BCUT2D eigenvalue weighted by atomic mass is 35.5. The maximum absolute atomic E-state index is 8.21. The molecule has 1 aromatic rings. The third kappa shape index (κ3) is 1.64. The van der Waals surface area contributed by atoms with Crippen molar-refractivity contribution in [3.63, 3.8) is 0 Å². The molecule has 3 heteroatoms. The third-order valence-electron chi connectivity index (χ3n) is 1.02. The predicted octanol–water partition coefficient (Wildman–Crippen LogP) is 2.23. The summed E-state index contributed by atoms with van der Waals surface area (Å²) in [4.78, 5) is 0. The van der Waals surface area contributed by atoms with E-state index in [0.29, 0.717) is 5.02 Å². The molecule has 0 saturated heterocycles. The van der Waals surface area contributed by atoms with Gasteiger partial charge >= 0.3 is 0 Å². The SMILES string of the molecule is N#CNc1cccc(Cl)c1. The zero-order valence-corrected chi connectivity index (χ0v) is 5.89. The summed E-state index contributed by atoms with van der Waals surface area (Å²) in [5.74, 6) is 0. The van der Waals surface area contributed by atoms with Crippen molar-refractivity contribution in [3.8, 4) is 6.19 Å². The smallest absolute Gasteiger partial charge is 0.181 e. The van der Waals surface area contributed by atoms with Crippen LogP contribution in [0.25, 0.3) is 0 Å². The minimum absolute atomic E-state index is 0.625. The molecule has 0 aromatic heterocycles. The Morgan fingerprint density at radius 2 is 2.30 bits per heavy atom. The first-order valence-electron chi connectivity index (χ1n) is 2.73. The lowest BCUT2D eigenvalue weighted by Crippen LogP contribution is -1.84. The first-order chi connectivity index (χ1) is 4.83.